The summed E-state index contributed by atoms with van der Waals surface area (Å²) in [7, 11) is 0. The molecule has 0 N–H and O–H groups in total. The van der Waals surface area contributed by atoms with E-state index >= 15 is 0 Å². The number of rotatable bonds is 0. The maximum Gasteiger partial charge on any atom is 0.352 e. The van der Waals surface area contributed by atoms with Crippen LogP contribution in [-0.2, 0) is 153 Å². The van der Waals surface area contributed by atoms with Crippen LogP contribution < -0.4 is 9.13 Å². The number of oxazole rings is 1. The van der Waals surface area contributed by atoms with Crippen LogP contribution in [0.4, 0.5) is 0 Å². The van der Waals surface area contributed by atoms with Gasteiger partial charge < -0.3 is 28.7 Å². The Labute approximate surface area is 415 Å². The summed E-state index contributed by atoms with van der Waals surface area (Å²) < 4.78 is 21.4. The van der Waals surface area contributed by atoms with Crippen LogP contribution in [0.25, 0.3) is 32.6 Å². The molecule has 0 amide bonds. The van der Waals surface area contributed by atoms with Crippen molar-refractivity contribution in [1.82, 2.24) is 0 Å². The summed E-state index contributed by atoms with van der Waals surface area (Å²) in [5.74, 6) is 1.02. The van der Waals surface area contributed by atoms with Gasteiger partial charge in [0.05, 0.1) is 26.1 Å². The number of para-hydroxylation sites is 2. The summed E-state index contributed by atoms with van der Waals surface area (Å²) in [6.07, 6.45) is 4.30. The molecule has 0 bridgehead atoms. The molecular weight excluding hydrogens is 936 g/mol. The quantitative estimate of drug-likeness (QED) is 0.0882. The average Bonchev–Trinajstić information content (AvgIpc) is 3.53. The van der Waals surface area contributed by atoms with Crippen LogP contribution in [0.5, 0.6) is 0 Å². The molecule has 3 aromatic carbocycles. The smallest absolute Gasteiger partial charge is 0.352 e. The van der Waals surface area contributed by atoms with Crippen LogP contribution in [0.2, 0.25) is 0 Å². The van der Waals surface area contributed by atoms with Crippen LogP contribution in [0, 0.1) is 14.9 Å². The molecule has 2 atom stereocenters. The number of nitrogens with zero attached hydrogens (tertiary/aromatic N) is 2. The van der Waals surface area contributed by atoms with Gasteiger partial charge in [0.15, 0.2) is 11.9 Å². The summed E-state index contributed by atoms with van der Waals surface area (Å²) in [5, 5.41) is 5.26. The molecule has 4 radical (unpaired) electrons. The van der Waals surface area contributed by atoms with Gasteiger partial charge in [-0.25, -0.2) is 0 Å². The van der Waals surface area contributed by atoms with Crippen molar-refractivity contribution >= 4 is 32.6 Å². The third-order valence-corrected chi connectivity index (χ3v) is 6.69. The largest absolute Gasteiger partial charge is 0.401 e. The van der Waals surface area contributed by atoms with Gasteiger partial charge in [-0.15, -0.1) is 4.57 Å². The molecule has 0 spiro atoms. The zero-order chi connectivity index (χ0) is 34.4. The minimum atomic E-state index is 0. The van der Waals surface area contributed by atoms with Gasteiger partial charge in [0.25, 0.3) is 18.0 Å². The van der Waals surface area contributed by atoms with Crippen molar-refractivity contribution in [2.45, 2.75) is 122 Å². The molecule has 9 heteroatoms. The number of hydrogen-bond acceptors (Lipinski definition) is 3. The van der Waals surface area contributed by atoms with E-state index in [2.05, 4.69) is 70.8 Å². The second-order valence-electron chi connectivity index (χ2n) is 8.74. The molecule has 5 aromatic rings. The van der Waals surface area contributed by atoms with E-state index < -0.39 is 0 Å². The van der Waals surface area contributed by atoms with Crippen molar-refractivity contribution in [2.75, 3.05) is 13.2 Å². The first kappa shape index (κ1) is 66.9. The molecule has 4 heterocycles. The van der Waals surface area contributed by atoms with Crippen molar-refractivity contribution in [1.29, 1.82) is 0 Å². The Hall–Kier alpha value is 1.14. The second kappa shape index (κ2) is 40.8. The average molecular weight is 1010 g/mol. The molecular formula is C42H70N2O3Y4. The van der Waals surface area contributed by atoms with E-state index in [0.29, 0.717) is 0 Å². The van der Waals surface area contributed by atoms with E-state index in [4.69, 9.17) is 13.9 Å². The predicted octanol–water partition coefficient (Wildman–Crippen LogP) is 12.2. The Morgan fingerprint density at radius 2 is 1.04 bits per heavy atom. The van der Waals surface area contributed by atoms with Crippen molar-refractivity contribution < 1.29 is 154 Å². The molecule has 7 rings (SSSR count). The van der Waals surface area contributed by atoms with Gasteiger partial charge in [-0.05, 0) is 22.9 Å². The molecule has 0 saturated carbocycles. The Balaban J connectivity index is -0.000000109. The Morgan fingerprint density at radius 3 is 1.65 bits per heavy atom. The predicted molar refractivity (Wildman–Crippen MR) is 208 cm³/mol. The molecule has 5 nitrogen and oxygen atoms in total. The molecule has 0 saturated heterocycles. The van der Waals surface area contributed by atoms with Crippen molar-refractivity contribution in [3.63, 3.8) is 0 Å². The molecule has 0 aliphatic carbocycles. The van der Waals surface area contributed by atoms with Gasteiger partial charge in [0, 0.05) is 168 Å². The Morgan fingerprint density at radius 1 is 0.549 bits per heavy atom. The van der Waals surface area contributed by atoms with E-state index in [1.54, 1.807) is 0 Å². The van der Waals surface area contributed by atoms with E-state index in [-0.39, 0.29) is 158 Å². The zero-order valence-corrected chi connectivity index (χ0v) is 46.7. The number of ether oxygens (including phenoxy) is 2. The maximum absolute atomic E-state index is 5.74. The first-order valence-corrected chi connectivity index (χ1v) is 17.7. The number of hydrogen-bond donors (Lipinski definition) is 0. The monoisotopic (exact) mass is 1010 g/mol. The number of fused-ring (bicyclic) bond motifs is 7. The van der Waals surface area contributed by atoms with E-state index in [1.807, 2.05) is 108 Å². The Bertz CT molecular complexity index is 1500. The van der Waals surface area contributed by atoms with Gasteiger partial charge in [-0.2, -0.15) is 4.57 Å². The summed E-state index contributed by atoms with van der Waals surface area (Å²) >= 11 is 0. The van der Waals surface area contributed by atoms with Crippen LogP contribution in [-0.4, -0.2) is 13.2 Å². The molecule has 2 aromatic heterocycles. The first-order valence-electron chi connectivity index (χ1n) is 17.7. The van der Waals surface area contributed by atoms with Crippen LogP contribution >= 0.6 is 0 Å². The molecule has 2 aliphatic rings. The molecule has 1 unspecified atom stereocenters. The fraction of sp³-hybridized carbons (Fsp3) is 0.476. The zero-order valence-electron chi connectivity index (χ0n) is 35.3. The van der Waals surface area contributed by atoms with E-state index in [1.165, 1.54) is 27.2 Å². The first-order chi connectivity index (χ1) is 22.2. The molecule has 2 aliphatic heterocycles. The minimum Gasteiger partial charge on any atom is -0.401 e. The van der Waals surface area contributed by atoms with Gasteiger partial charge in [-0.3, -0.25) is 0 Å². The van der Waals surface area contributed by atoms with Crippen molar-refractivity contribution in [3.05, 3.63) is 99.4 Å². The van der Waals surface area contributed by atoms with Gasteiger partial charge in [0.2, 0.25) is 5.58 Å². The van der Waals surface area contributed by atoms with Crippen LogP contribution in [0.1, 0.15) is 121 Å². The van der Waals surface area contributed by atoms with E-state index in [0.717, 1.165) is 43.0 Å². The molecule has 278 valence electrons. The third kappa shape index (κ3) is 19.2. The van der Waals surface area contributed by atoms with Crippen LogP contribution in [0.3, 0.4) is 0 Å². The second-order valence-corrected chi connectivity index (χ2v) is 8.74. The summed E-state index contributed by atoms with van der Waals surface area (Å²) in [6.45, 7) is 29.7. The third-order valence-electron chi connectivity index (χ3n) is 6.69. The number of benzene rings is 3. The van der Waals surface area contributed by atoms with Crippen LogP contribution in [0.15, 0.2) is 77.3 Å². The summed E-state index contributed by atoms with van der Waals surface area (Å²) in [6, 6.07) is 23.4. The number of pyridine rings is 1. The standard InChI is InChI=1S/C17H16NO.C11H12NO2.6C2H6.2CH3.4Y/c1-12-18-11-14-7-6-13-4-2-3-5-16(13)17(14)10-15(18)8-9-19-12;1-8-12-9-4-2-3-5-10(9)14-11(12)6-7-13-8;6*1-2;;;;;;/h2-7,10-12H,8-9H2,1H3;2-5,8H,6-7H2,1H3;6*1-2H3;2*1H3;;;;/q2*+1;;;;;;;2*-1;;;;/t12-;;;;;;;;;;;;;/m0............./s1. The van der Waals surface area contributed by atoms with Crippen molar-refractivity contribution in [3.8, 4) is 0 Å². The fourth-order valence-corrected chi connectivity index (χ4v) is 5.03. The summed E-state index contributed by atoms with van der Waals surface area (Å²) in [4.78, 5) is 0. The molecule has 51 heavy (non-hydrogen) atoms. The topological polar surface area (TPSA) is 39.4 Å². The van der Waals surface area contributed by atoms with Gasteiger partial charge in [0.1, 0.15) is 0 Å². The van der Waals surface area contributed by atoms with E-state index in [9.17, 15) is 0 Å². The maximum atomic E-state index is 5.74. The minimum absolute atomic E-state index is 0. The van der Waals surface area contributed by atoms with Gasteiger partial charge >= 0.3 is 5.89 Å². The van der Waals surface area contributed by atoms with Crippen molar-refractivity contribution in [2.24, 2.45) is 0 Å². The Kier molecular flexibility index (Phi) is 53.5. The normalized spacial score (nSPS) is 13.5. The van der Waals surface area contributed by atoms with Gasteiger partial charge in [-0.1, -0.05) is 126 Å². The SMILES string of the molecule is CC.CC.CC.CC.CC.CC.CC1OCCc2oc3ccccc3[n+]21.C[C@@H]1OCCc2cc3c(ccc4ccccc43)c[n+]21.[CH3-].[CH3-].[Y].[Y].[Y].[Y]. The fourth-order valence-electron chi connectivity index (χ4n) is 5.03. The summed E-state index contributed by atoms with van der Waals surface area (Å²) in [5.41, 5.74) is 3.43. The number of aromatic nitrogens is 2. The molecule has 0 fully saturated rings.